The van der Waals surface area contributed by atoms with Crippen molar-refractivity contribution in [1.29, 1.82) is 0 Å². The number of carbonyl (C=O) groups is 1. The van der Waals surface area contributed by atoms with E-state index in [1.807, 2.05) is 0 Å². The Hall–Kier alpha value is -0.300. The lowest BCUT2D eigenvalue weighted by molar-refractivity contribution is -0.275. The maximum absolute atomic E-state index is 8.44. The minimum atomic E-state index is -2.08. The van der Waals surface area contributed by atoms with Gasteiger partial charge in [0.2, 0.25) is 6.16 Å². The van der Waals surface area contributed by atoms with E-state index in [1.165, 1.54) is 24.6 Å². The van der Waals surface area contributed by atoms with Crippen LogP contribution in [0.25, 0.3) is 0 Å². The molecule has 0 aliphatic rings. The summed E-state index contributed by atoms with van der Waals surface area (Å²) in [5, 5.41) is 15.3. The minimum Gasteiger partial charge on any atom is -0.565 e. The highest BCUT2D eigenvalue weighted by Gasteiger charge is 2.27. The molecule has 3 nitrogen and oxygen atoms in total. The fourth-order valence-corrected chi connectivity index (χ4v) is 4.02. The van der Waals surface area contributed by atoms with Crippen LogP contribution in [-0.2, 0) is 0 Å². The van der Waals surface area contributed by atoms with Gasteiger partial charge in [-0.1, -0.05) is 0 Å². The van der Waals surface area contributed by atoms with Crippen LogP contribution >= 0.6 is 7.26 Å². The van der Waals surface area contributed by atoms with Gasteiger partial charge in [0.1, 0.15) is 0 Å². The van der Waals surface area contributed by atoms with Crippen molar-refractivity contribution < 1.29 is 15.0 Å². The average molecular weight is 208 g/mol. The Morgan fingerprint density at radius 2 is 1.23 bits per heavy atom. The van der Waals surface area contributed by atoms with Gasteiger partial charge in [-0.05, 0) is 27.7 Å². The van der Waals surface area contributed by atoms with E-state index >= 15 is 0 Å². The zero-order valence-electron chi connectivity index (χ0n) is 9.04. The molecule has 80 valence electrons. The predicted molar refractivity (Wildman–Crippen MR) is 57.1 cm³/mol. The van der Waals surface area contributed by atoms with Crippen LogP contribution in [0.4, 0.5) is 4.79 Å². The van der Waals surface area contributed by atoms with Crippen molar-refractivity contribution >= 4 is 13.4 Å². The van der Waals surface area contributed by atoms with E-state index in [2.05, 4.69) is 27.7 Å². The third kappa shape index (κ3) is 8.04. The third-order valence-electron chi connectivity index (χ3n) is 2.68. The van der Waals surface area contributed by atoms with E-state index < -0.39 is 13.4 Å². The molecule has 0 aliphatic carbocycles. The quantitative estimate of drug-likeness (QED) is 0.718. The summed E-state index contributed by atoms with van der Waals surface area (Å²) < 4.78 is 0. The van der Waals surface area contributed by atoms with Crippen molar-refractivity contribution in [2.75, 3.05) is 24.6 Å². The Labute approximate surface area is 81.5 Å². The van der Waals surface area contributed by atoms with Crippen LogP contribution < -0.4 is 5.11 Å². The smallest absolute Gasteiger partial charge is 0.249 e. The first-order valence-electron chi connectivity index (χ1n) is 4.73. The molecule has 0 rings (SSSR count). The lowest BCUT2D eigenvalue weighted by atomic mass is 10.9. The van der Waals surface area contributed by atoms with E-state index in [0.717, 1.165) is 0 Å². The zero-order valence-corrected chi connectivity index (χ0v) is 9.93. The molecule has 0 aromatic heterocycles. The lowest BCUT2D eigenvalue weighted by Crippen LogP contribution is -2.17. The van der Waals surface area contributed by atoms with Crippen molar-refractivity contribution in [1.82, 2.24) is 0 Å². The van der Waals surface area contributed by atoms with E-state index in [0.29, 0.717) is 0 Å². The SMILES string of the molecule is CC[P+](CC)(CC)CC.O=C([O-])O. The summed E-state index contributed by atoms with van der Waals surface area (Å²) in [5.41, 5.74) is 0. The van der Waals surface area contributed by atoms with Gasteiger partial charge in [-0.3, -0.25) is 0 Å². The van der Waals surface area contributed by atoms with Gasteiger partial charge in [-0.15, -0.1) is 0 Å². The molecule has 0 saturated heterocycles. The molecule has 0 aromatic rings. The fourth-order valence-electron chi connectivity index (χ4n) is 1.34. The molecule has 0 amide bonds. The number of carboxylic acid groups (broad SMARTS) is 2. The van der Waals surface area contributed by atoms with Crippen LogP contribution in [0.3, 0.4) is 0 Å². The van der Waals surface area contributed by atoms with Crippen LogP contribution in [0.1, 0.15) is 27.7 Å². The molecular weight excluding hydrogens is 187 g/mol. The summed E-state index contributed by atoms with van der Waals surface area (Å²) in [6.07, 6.45) is 3.74. The van der Waals surface area contributed by atoms with Gasteiger partial charge in [-0.25, -0.2) is 0 Å². The standard InChI is InChI=1S/C8H20P.CH2O3/c1-5-9(6-2,7-3)8-4;2-1(3)4/h5-8H2,1-4H3;(H2,2,3,4)/q+1;/p-1. The van der Waals surface area contributed by atoms with E-state index in [1.54, 1.807) is 0 Å². The second-order valence-electron chi connectivity index (χ2n) is 2.87. The van der Waals surface area contributed by atoms with Gasteiger partial charge in [0.25, 0.3) is 0 Å². The summed E-state index contributed by atoms with van der Waals surface area (Å²) in [6, 6.07) is 0. The normalized spacial score (nSPS) is 10.2. The lowest BCUT2D eigenvalue weighted by Gasteiger charge is -2.20. The summed E-state index contributed by atoms with van der Waals surface area (Å²) in [5.74, 6) is 0. The largest absolute Gasteiger partial charge is 0.565 e. The van der Waals surface area contributed by atoms with Crippen molar-refractivity contribution in [2.24, 2.45) is 0 Å². The van der Waals surface area contributed by atoms with E-state index in [4.69, 9.17) is 15.0 Å². The second-order valence-corrected chi connectivity index (χ2v) is 8.09. The maximum Gasteiger partial charge on any atom is 0.249 e. The van der Waals surface area contributed by atoms with Crippen molar-refractivity contribution in [3.05, 3.63) is 0 Å². The Morgan fingerprint density at radius 3 is 1.23 bits per heavy atom. The molecule has 13 heavy (non-hydrogen) atoms. The molecule has 0 fully saturated rings. The maximum atomic E-state index is 8.44. The van der Waals surface area contributed by atoms with Crippen molar-refractivity contribution in [2.45, 2.75) is 27.7 Å². The molecule has 0 aromatic carbocycles. The average Bonchev–Trinajstić information content (AvgIpc) is 2.09. The second kappa shape index (κ2) is 8.31. The van der Waals surface area contributed by atoms with Crippen LogP contribution in [0.2, 0.25) is 0 Å². The molecule has 0 unspecified atom stereocenters. The van der Waals surface area contributed by atoms with E-state index in [9.17, 15) is 0 Å². The molecule has 1 N–H and O–H groups in total. The summed E-state index contributed by atoms with van der Waals surface area (Å²) in [4.78, 5) is 8.44. The van der Waals surface area contributed by atoms with Gasteiger partial charge in [0, 0.05) is 7.26 Å². The van der Waals surface area contributed by atoms with Gasteiger partial charge in [0.05, 0.1) is 24.6 Å². The molecule has 0 saturated carbocycles. The van der Waals surface area contributed by atoms with Crippen LogP contribution in [0, 0.1) is 0 Å². The highest BCUT2D eigenvalue weighted by atomic mass is 31.2. The highest BCUT2D eigenvalue weighted by molar-refractivity contribution is 7.75. The number of hydrogen-bond acceptors (Lipinski definition) is 2. The van der Waals surface area contributed by atoms with Gasteiger partial charge in [0.15, 0.2) is 0 Å². The van der Waals surface area contributed by atoms with E-state index in [-0.39, 0.29) is 0 Å². The summed E-state index contributed by atoms with van der Waals surface area (Å²) in [7, 11) is -0.420. The molecule has 0 bridgehead atoms. The van der Waals surface area contributed by atoms with Gasteiger partial charge < -0.3 is 15.0 Å². The highest BCUT2D eigenvalue weighted by Crippen LogP contribution is 2.57. The minimum absolute atomic E-state index is 0.420. The monoisotopic (exact) mass is 208 g/mol. The summed E-state index contributed by atoms with van der Waals surface area (Å²) in [6.45, 7) is 9.41. The van der Waals surface area contributed by atoms with Crippen LogP contribution in [0.5, 0.6) is 0 Å². The first-order valence-corrected chi connectivity index (χ1v) is 7.26. The van der Waals surface area contributed by atoms with Gasteiger partial charge in [-0.2, -0.15) is 0 Å². The first-order chi connectivity index (χ1) is 5.97. The Kier molecular flexibility index (Phi) is 9.70. The molecule has 4 heteroatoms. The molecule has 0 atom stereocenters. The van der Waals surface area contributed by atoms with Crippen LogP contribution in [-0.4, -0.2) is 35.9 Å². The Balaban J connectivity index is 0. The van der Waals surface area contributed by atoms with Crippen molar-refractivity contribution in [3.8, 4) is 0 Å². The van der Waals surface area contributed by atoms with Gasteiger partial charge >= 0.3 is 0 Å². The zero-order chi connectivity index (χ0) is 10.9. The number of rotatable bonds is 4. The summed E-state index contributed by atoms with van der Waals surface area (Å²) >= 11 is 0. The van der Waals surface area contributed by atoms with Crippen molar-refractivity contribution in [3.63, 3.8) is 0 Å². The Bertz CT molecular complexity index is 111. The topological polar surface area (TPSA) is 60.4 Å². The molecule has 0 spiro atoms. The first kappa shape index (κ1) is 15.2. The molecule has 0 aliphatic heterocycles. The number of hydrogen-bond donors (Lipinski definition) is 1. The molecule has 0 radical (unpaired) electrons. The van der Waals surface area contributed by atoms with Crippen LogP contribution in [0.15, 0.2) is 0 Å². The third-order valence-corrected chi connectivity index (χ3v) is 8.05. The molecule has 0 heterocycles. The Morgan fingerprint density at radius 1 is 1.08 bits per heavy atom. The fraction of sp³-hybridized carbons (Fsp3) is 0.889. The predicted octanol–water partition coefficient (Wildman–Crippen LogP) is 1.97. The molecular formula is C9H21O3P.